The van der Waals surface area contributed by atoms with E-state index in [1.54, 1.807) is 19.4 Å². The highest BCUT2D eigenvalue weighted by Gasteiger charge is 2.14. The van der Waals surface area contributed by atoms with Gasteiger partial charge in [-0.05, 0) is 43.3 Å². The number of aryl methyl sites for hydroxylation is 1. The zero-order valence-corrected chi connectivity index (χ0v) is 13.7. The van der Waals surface area contributed by atoms with Crippen molar-refractivity contribution in [3.63, 3.8) is 0 Å². The second kappa shape index (κ2) is 7.25. The van der Waals surface area contributed by atoms with E-state index in [1.165, 1.54) is 18.3 Å². The van der Waals surface area contributed by atoms with Crippen molar-refractivity contribution in [1.29, 1.82) is 0 Å². The molecule has 2 heterocycles. The molecule has 4 nitrogen and oxygen atoms in total. The number of methoxy groups -OCH3 is 1. The monoisotopic (exact) mass is 342 g/mol. The van der Waals surface area contributed by atoms with Crippen molar-refractivity contribution in [3.8, 4) is 28.5 Å². The summed E-state index contributed by atoms with van der Waals surface area (Å²) < 4.78 is 36.4. The van der Waals surface area contributed by atoms with Gasteiger partial charge in [0, 0.05) is 17.3 Å². The van der Waals surface area contributed by atoms with Crippen LogP contribution in [-0.2, 0) is 0 Å². The first-order valence-corrected chi connectivity index (χ1v) is 7.60. The van der Waals surface area contributed by atoms with Crippen LogP contribution in [0.3, 0.4) is 0 Å². The van der Waals surface area contributed by atoms with Crippen LogP contribution >= 0.6 is 0 Å². The molecule has 0 unspecified atom stereocenters. The van der Waals surface area contributed by atoms with Crippen molar-refractivity contribution < 1.29 is 18.3 Å². The largest absolute Gasteiger partial charge is 0.496 e. The Kier molecular flexibility index (Phi) is 4.88. The predicted molar refractivity (Wildman–Crippen MR) is 90.2 cm³/mol. The molecule has 128 valence electrons. The molecule has 6 heteroatoms. The number of pyridine rings is 2. The summed E-state index contributed by atoms with van der Waals surface area (Å²) in [5.74, 6) is 1.36. The summed E-state index contributed by atoms with van der Waals surface area (Å²) in [6.07, 6.45) is 0.242. The number of benzene rings is 1. The second-order valence-corrected chi connectivity index (χ2v) is 5.38. The summed E-state index contributed by atoms with van der Waals surface area (Å²) in [6, 6.07) is 12.1. The molecule has 0 aliphatic carbocycles. The summed E-state index contributed by atoms with van der Waals surface area (Å²) in [7, 11) is 1.60. The third-order valence-corrected chi connectivity index (χ3v) is 3.61. The predicted octanol–water partition coefficient (Wildman–Crippen LogP) is 5.19. The Balaban J connectivity index is 1.98. The molecule has 1 aromatic carbocycles. The number of halogens is 2. The zero-order chi connectivity index (χ0) is 17.8. The lowest BCUT2D eigenvalue weighted by molar-refractivity contribution is 0.146. The standard InChI is InChI=1S/C19H16F2N2O2/c1-12-5-8-17(24-2)15(10-12)14-4-3-9-22-19(14)25-13-6-7-16(18(20)21)23-11-13/h3-11,18H,1-2H3. The Morgan fingerprint density at radius 1 is 1.00 bits per heavy atom. The number of alkyl halides is 2. The SMILES string of the molecule is COc1ccc(C)cc1-c1cccnc1Oc1ccc(C(F)F)nc1. The molecule has 0 radical (unpaired) electrons. The molecule has 3 rings (SSSR count). The third kappa shape index (κ3) is 3.74. The van der Waals surface area contributed by atoms with Crippen LogP contribution in [0.2, 0.25) is 0 Å². The van der Waals surface area contributed by atoms with Crippen LogP contribution in [0.4, 0.5) is 8.78 Å². The van der Waals surface area contributed by atoms with E-state index < -0.39 is 6.43 Å². The van der Waals surface area contributed by atoms with E-state index in [0.29, 0.717) is 17.4 Å². The summed E-state index contributed by atoms with van der Waals surface area (Å²) in [6.45, 7) is 1.98. The number of hydrogen-bond acceptors (Lipinski definition) is 4. The van der Waals surface area contributed by atoms with Crippen LogP contribution < -0.4 is 9.47 Å². The van der Waals surface area contributed by atoms with Gasteiger partial charge in [0.15, 0.2) is 0 Å². The molecular weight excluding hydrogens is 326 g/mol. The normalized spacial score (nSPS) is 10.8. The maximum Gasteiger partial charge on any atom is 0.280 e. The Morgan fingerprint density at radius 3 is 2.52 bits per heavy atom. The van der Waals surface area contributed by atoms with Crippen molar-refractivity contribution in [2.75, 3.05) is 7.11 Å². The minimum atomic E-state index is -2.61. The molecular formula is C19H16F2N2O2. The van der Waals surface area contributed by atoms with Gasteiger partial charge in [0.05, 0.1) is 13.3 Å². The number of aromatic nitrogens is 2. The molecule has 0 atom stereocenters. The third-order valence-electron chi connectivity index (χ3n) is 3.61. The summed E-state index contributed by atoms with van der Waals surface area (Å²) in [4.78, 5) is 7.96. The molecule has 0 saturated heterocycles. The maximum atomic E-state index is 12.6. The summed E-state index contributed by atoms with van der Waals surface area (Å²) in [5, 5.41) is 0. The molecule has 0 spiro atoms. The lowest BCUT2D eigenvalue weighted by Crippen LogP contribution is -1.95. The first-order chi connectivity index (χ1) is 12.1. The van der Waals surface area contributed by atoms with Gasteiger partial charge in [-0.2, -0.15) is 0 Å². The highest BCUT2D eigenvalue weighted by Crippen LogP contribution is 2.37. The van der Waals surface area contributed by atoms with Gasteiger partial charge < -0.3 is 9.47 Å². The van der Waals surface area contributed by atoms with Gasteiger partial charge in [-0.25, -0.2) is 13.8 Å². The van der Waals surface area contributed by atoms with Crippen LogP contribution in [0.5, 0.6) is 17.4 Å². The Morgan fingerprint density at radius 2 is 1.84 bits per heavy atom. The number of nitrogens with zero attached hydrogens (tertiary/aromatic N) is 2. The first kappa shape index (κ1) is 16.8. The van der Waals surface area contributed by atoms with Crippen LogP contribution in [0.25, 0.3) is 11.1 Å². The fraction of sp³-hybridized carbons (Fsp3) is 0.158. The van der Waals surface area contributed by atoms with E-state index >= 15 is 0 Å². The van der Waals surface area contributed by atoms with Crippen molar-refractivity contribution in [2.45, 2.75) is 13.3 Å². The number of ether oxygens (including phenoxy) is 2. The molecule has 0 saturated carbocycles. The van der Waals surface area contributed by atoms with E-state index in [-0.39, 0.29) is 5.69 Å². The van der Waals surface area contributed by atoms with Gasteiger partial charge in [0.1, 0.15) is 17.2 Å². The van der Waals surface area contributed by atoms with Crippen molar-refractivity contribution >= 4 is 0 Å². The van der Waals surface area contributed by atoms with Crippen molar-refractivity contribution in [3.05, 3.63) is 66.1 Å². The highest BCUT2D eigenvalue weighted by atomic mass is 19.3. The maximum absolute atomic E-state index is 12.6. The van der Waals surface area contributed by atoms with Gasteiger partial charge in [-0.1, -0.05) is 11.6 Å². The molecule has 0 amide bonds. The smallest absolute Gasteiger partial charge is 0.280 e. The highest BCUT2D eigenvalue weighted by molar-refractivity contribution is 5.75. The van der Waals surface area contributed by atoms with Crippen LogP contribution in [-0.4, -0.2) is 17.1 Å². The average Bonchev–Trinajstić information content (AvgIpc) is 2.62. The van der Waals surface area contributed by atoms with E-state index in [0.717, 1.165) is 16.7 Å². The average molecular weight is 342 g/mol. The van der Waals surface area contributed by atoms with Crippen LogP contribution in [0, 0.1) is 6.92 Å². The lowest BCUT2D eigenvalue weighted by Gasteiger charge is -2.13. The van der Waals surface area contributed by atoms with Crippen molar-refractivity contribution in [1.82, 2.24) is 9.97 Å². The molecule has 25 heavy (non-hydrogen) atoms. The van der Waals surface area contributed by atoms with E-state index in [4.69, 9.17) is 9.47 Å². The minimum absolute atomic E-state index is 0.297. The fourth-order valence-electron chi connectivity index (χ4n) is 2.40. The quantitative estimate of drug-likeness (QED) is 0.640. The summed E-state index contributed by atoms with van der Waals surface area (Å²) in [5.41, 5.74) is 2.34. The molecule has 3 aromatic rings. The van der Waals surface area contributed by atoms with E-state index in [1.807, 2.05) is 31.2 Å². The fourth-order valence-corrected chi connectivity index (χ4v) is 2.40. The molecule has 0 aliphatic heterocycles. The molecule has 2 aromatic heterocycles. The lowest BCUT2D eigenvalue weighted by atomic mass is 10.0. The van der Waals surface area contributed by atoms with Gasteiger partial charge in [-0.15, -0.1) is 0 Å². The minimum Gasteiger partial charge on any atom is -0.496 e. The first-order valence-electron chi connectivity index (χ1n) is 7.60. The Hall–Kier alpha value is -3.02. The van der Waals surface area contributed by atoms with E-state index in [9.17, 15) is 8.78 Å². The number of rotatable bonds is 5. The van der Waals surface area contributed by atoms with Gasteiger partial charge >= 0.3 is 0 Å². The van der Waals surface area contributed by atoms with Gasteiger partial charge in [-0.3, -0.25) is 4.98 Å². The van der Waals surface area contributed by atoms with Crippen LogP contribution in [0.1, 0.15) is 17.7 Å². The Bertz CT molecular complexity index is 868. The van der Waals surface area contributed by atoms with Crippen molar-refractivity contribution in [2.24, 2.45) is 0 Å². The summed E-state index contributed by atoms with van der Waals surface area (Å²) >= 11 is 0. The van der Waals surface area contributed by atoms with Gasteiger partial charge in [0.2, 0.25) is 5.88 Å². The molecule has 0 N–H and O–H groups in total. The molecule has 0 bridgehead atoms. The van der Waals surface area contributed by atoms with Crippen LogP contribution in [0.15, 0.2) is 54.9 Å². The molecule has 0 fully saturated rings. The van der Waals surface area contributed by atoms with E-state index in [2.05, 4.69) is 9.97 Å². The zero-order valence-electron chi connectivity index (χ0n) is 13.7. The topological polar surface area (TPSA) is 44.2 Å². The second-order valence-electron chi connectivity index (χ2n) is 5.38. The van der Waals surface area contributed by atoms with Gasteiger partial charge in [0.25, 0.3) is 6.43 Å². The molecule has 0 aliphatic rings. The number of hydrogen-bond donors (Lipinski definition) is 0. The Labute approximate surface area is 144 Å².